The van der Waals surface area contributed by atoms with Crippen LogP contribution in [0.5, 0.6) is 11.5 Å². The Balaban J connectivity index is 2.37. The fraction of sp³-hybridized carbons (Fsp3) is 0.538. The lowest BCUT2D eigenvalue weighted by atomic mass is 9.93. The van der Waals surface area contributed by atoms with Crippen molar-refractivity contribution < 1.29 is 9.47 Å². The van der Waals surface area contributed by atoms with Gasteiger partial charge in [0.25, 0.3) is 0 Å². The van der Waals surface area contributed by atoms with Crippen molar-refractivity contribution in [3.8, 4) is 11.5 Å². The van der Waals surface area contributed by atoms with Gasteiger partial charge in [0.05, 0.1) is 0 Å². The third-order valence-electron chi connectivity index (χ3n) is 2.90. The maximum absolute atomic E-state index is 5.56. The Morgan fingerprint density at radius 1 is 1.31 bits per heavy atom. The highest BCUT2D eigenvalue weighted by molar-refractivity contribution is 5.53. The Bertz CT molecular complexity index is 374. The topological polar surface area (TPSA) is 44.5 Å². The fourth-order valence-electron chi connectivity index (χ4n) is 2.18. The van der Waals surface area contributed by atoms with Crippen LogP contribution < -0.4 is 15.2 Å². The van der Waals surface area contributed by atoms with Gasteiger partial charge in [-0.05, 0) is 36.9 Å². The summed E-state index contributed by atoms with van der Waals surface area (Å²) in [5, 5.41) is 0. The quantitative estimate of drug-likeness (QED) is 0.849. The zero-order valence-corrected chi connectivity index (χ0v) is 9.95. The summed E-state index contributed by atoms with van der Waals surface area (Å²) < 4.78 is 11.0. The number of benzene rings is 1. The Labute approximate surface area is 96.5 Å². The van der Waals surface area contributed by atoms with Gasteiger partial charge in [0, 0.05) is 5.56 Å². The van der Waals surface area contributed by atoms with Crippen molar-refractivity contribution in [2.75, 3.05) is 13.3 Å². The standard InChI is InChI=1S/C13H19NO2/c1-9(2)12-10(4-3-7-14)5-6-11-13(12)16-8-15-11/h5-6,9H,3-4,7-8,14H2,1-2H3. The molecule has 1 aromatic rings. The third kappa shape index (κ3) is 2.00. The average molecular weight is 221 g/mol. The van der Waals surface area contributed by atoms with Crippen LogP contribution >= 0.6 is 0 Å². The van der Waals surface area contributed by atoms with E-state index >= 15 is 0 Å². The first kappa shape index (κ1) is 11.3. The zero-order valence-electron chi connectivity index (χ0n) is 9.95. The van der Waals surface area contributed by atoms with E-state index in [0.29, 0.717) is 12.7 Å². The SMILES string of the molecule is CC(C)c1c(CCCN)ccc2c1OCO2. The summed E-state index contributed by atoms with van der Waals surface area (Å²) in [7, 11) is 0. The minimum Gasteiger partial charge on any atom is -0.454 e. The van der Waals surface area contributed by atoms with E-state index in [1.807, 2.05) is 6.07 Å². The molecule has 0 saturated carbocycles. The zero-order chi connectivity index (χ0) is 11.5. The predicted molar refractivity (Wildman–Crippen MR) is 64.0 cm³/mol. The minimum absolute atomic E-state index is 0.343. The Kier molecular flexibility index (Phi) is 3.34. The third-order valence-corrected chi connectivity index (χ3v) is 2.90. The normalized spacial score (nSPS) is 13.5. The maximum atomic E-state index is 5.56. The van der Waals surface area contributed by atoms with Gasteiger partial charge in [0.2, 0.25) is 6.79 Å². The van der Waals surface area contributed by atoms with E-state index in [-0.39, 0.29) is 0 Å². The molecule has 1 aliphatic rings. The molecule has 1 heterocycles. The molecule has 0 amide bonds. The molecule has 0 bridgehead atoms. The number of nitrogens with two attached hydrogens (primary N) is 1. The average Bonchev–Trinajstić information content (AvgIpc) is 2.72. The lowest BCUT2D eigenvalue weighted by Gasteiger charge is -2.15. The number of fused-ring (bicyclic) bond motifs is 1. The number of hydrogen-bond donors (Lipinski definition) is 1. The van der Waals surface area contributed by atoms with Crippen LogP contribution in [0.15, 0.2) is 12.1 Å². The summed E-state index contributed by atoms with van der Waals surface area (Å²) in [6.45, 7) is 5.44. The fourth-order valence-corrected chi connectivity index (χ4v) is 2.18. The molecule has 3 heteroatoms. The first-order chi connectivity index (χ1) is 7.74. The summed E-state index contributed by atoms with van der Waals surface area (Å²) in [4.78, 5) is 0. The van der Waals surface area contributed by atoms with Crippen LogP contribution in [-0.2, 0) is 6.42 Å². The van der Waals surface area contributed by atoms with Crippen LogP contribution in [0.2, 0.25) is 0 Å². The van der Waals surface area contributed by atoms with E-state index in [1.54, 1.807) is 0 Å². The molecule has 0 fully saturated rings. The number of ether oxygens (including phenoxy) is 2. The largest absolute Gasteiger partial charge is 0.454 e. The highest BCUT2D eigenvalue weighted by atomic mass is 16.7. The second-order valence-corrected chi connectivity index (χ2v) is 4.42. The Hall–Kier alpha value is -1.22. The van der Waals surface area contributed by atoms with Gasteiger partial charge >= 0.3 is 0 Å². The minimum atomic E-state index is 0.343. The van der Waals surface area contributed by atoms with E-state index < -0.39 is 0 Å². The van der Waals surface area contributed by atoms with Crippen LogP contribution in [0.4, 0.5) is 0 Å². The molecular formula is C13H19NO2. The first-order valence-electron chi connectivity index (χ1n) is 5.85. The van der Waals surface area contributed by atoms with Gasteiger partial charge in [-0.1, -0.05) is 19.9 Å². The van der Waals surface area contributed by atoms with Crippen LogP contribution in [0, 0.1) is 0 Å². The molecule has 1 aliphatic heterocycles. The van der Waals surface area contributed by atoms with Crippen molar-refractivity contribution in [2.45, 2.75) is 32.6 Å². The van der Waals surface area contributed by atoms with Gasteiger partial charge in [0.1, 0.15) is 0 Å². The molecule has 0 atom stereocenters. The summed E-state index contributed by atoms with van der Waals surface area (Å²) in [6, 6.07) is 4.14. The second kappa shape index (κ2) is 4.74. The lowest BCUT2D eigenvalue weighted by Crippen LogP contribution is -2.04. The van der Waals surface area contributed by atoms with Gasteiger partial charge in [-0.3, -0.25) is 0 Å². The molecular weight excluding hydrogens is 202 g/mol. The molecule has 16 heavy (non-hydrogen) atoms. The van der Waals surface area contributed by atoms with E-state index in [1.165, 1.54) is 11.1 Å². The molecule has 0 unspecified atom stereocenters. The molecule has 2 N–H and O–H groups in total. The lowest BCUT2D eigenvalue weighted by molar-refractivity contribution is 0.173. The van der Waals surface area contributed by atoms with Gasteiger partial charge < -0.3 is 15.2 Å². The van der Waals surface area contributed by atoms with Gasteiger partial charge in [-0.15, -0.1) is 0 Å². The van der Waals surface area contributed by atoms with E-state index in [4.69, 9.17) is 15.2 Å². The molecule has 0 aliphatic carbocycles. The van der Waals surface area contributed by atoms with Crippen molar-refractivity contribution in [1.29, 1.82) is 0 Å². The number of hydrogen-bond acceptors (Lipinski definition) is 3. The summed E-state index contributed by atoms with van der Waals surface area (Å²) >= 11 is 0. The van der Waals surface area contributed by atoms with E-state index in [2.05, 4.69) is 19.9 Å². The van der Waals surface area contributed by atoms with Crippen LogP contribution in [-0.4, -0.2) is 13.3 Å². The van der Waals surface area contributed by atoms with Crippen molar-refractivity contribution >= 4 is 0 Å². The summed E-state index contributed by atoms with van der Waals surface area (Å²) in [5.41, 5.74) is 8.18. The maximum Gasteiger partial charge on any atom is 0.231 e. The van der Waals surface area contributed by atoms with Gasteiger partial charge in [-0.2, -0.15) is 0 Å². The van der Waals surface area contributed by atoms with Crippen molar-refractivity contribution in [2.24, 2.45) is 5.73 Å². The van der Waals surface area contributed by atoms with Crippen molar-refractivity contribution in [3.63, 3.8) is 0 Å². The van der Waals surface area contributed by atoms with Gasteiger partial charge in [-0.25, -0.2) is 0 Å². The predicted octanol–water partition coefficient (Wildman–Crippen LogP) is 2.43. The van der Waals surface area contributed by atoms with Crippen molar-refractivity contribution in [3.05, 3.63) is 23.3 Å². The first-order valence-corrected chi connectivity index (χ1v) is 5.85. The number of aryl methyl sites for hydroxylation is 1. The molecule has 0 spiro atoms. The van der Waals surface area contributed by atoms with E-state index in [9.17, 15) is 0 Å². The summed E-state index contributed by atoms with van der Waals surface area (Å²) in [5.74, 6) is 2.26. The van der Waals surface area contributed by atoms with Crippen LogP contribution in [0.3, 0.4) is 0 Å². The second-order valence-electron chi connectivity index (χ2n) is 4.42. The van der Waals surface area contributed by atoms with E-state index in [0.717, 1.165) is 30.9 Å². The molecule has 3 nitrogen and oxygen atoms in total. The Morgan fingerprint density at radius 2 is 2.12 bits per heavy atom. The summed E-state index contributed by atoms with van der Waals surface area (Å²) in [6.07, 6.45) is 2.03. The highest BCUT2D eigenvalue weighted by Crippen LogP contribution is 2.41. The molecule has 0 saturated heterocycles. The molecule has 1 aromatic carbocycles. The van der Waals surface area contributed by atoms with Gasteiger partial charge in [0.15, 0.2) is 11.5 Å². The monoisotopic (exact) mass is 221 g/mol. The molecule has 0 radical (unpaired) electrons. The Morgan fingerprint density at radius 3 is 2.81 bits per heavy atom. The smallest absolute Gasteiger partial charge is 0.231 e. The molecule has 88 valence electrons. The highest BCUT2D eigenvalue weighted by Gasteiger charge is 2.22. The van der Waals surface area contributed by atoms with Crippen LogP contribution in [0.25, 0.3) is 0 Å². The van der Waals surface area contributed by atoms with Crippen LogP contribution in [0.1, 0.15) is 37.3 Å². The van der Waals surface area contributed by atoms with Crippen molar-refractivity contribution in [1.82, 2.24) is 0 Å². The number of rotatable bonds is 4. The molecule has 0 aromatic heterocycles. The molecule has 2 rings (SSSR count).